The van der Waals surface area contributed by atoms with Gasteiger partial charge in [0.1, 0.15) is 11.9 Å². The number of pyridine rings is 1. The third-order valence-electron chi connectivity index (χ3n) is 7.39. The third kappa shape index (κ3) is 3.60. The van der Waals surface area contributed by atoms with Crippen LogP contribution in [-0.2, 0) is 11.8 Å². The molecule has 1 saturated heterocycles. The lowest BCUT2D eigenvalue weighted by Gasteiger charge is -2.26. The highest BCUT2D eigenvalue weighted by atomic mass is 16.1. The van der Waals surface area contributed by atoms with Crippen LogP contribution in [0.15, 0.2) is 43.1 Å². The Labute approximate surface area is 202 Å². The second-order valence-corrected chi connectivity index (χ2v) is 9.90. The van der Waals surface area contributed by atoms with E-state index < -0.39 is 0 Å². The minimum Gasteiger partial charge on any atom is -0.355 e. The van der Waals surface area contributed by atoms with E-state index in [1.165, 1.54) is 0 Å². The van der Waals surface area contributed by atoms with Gasteiger partial charge in [0.25, 0.3) is 0 Å². The molecule has 5 heterocycles. The zero-order valence-corrected chi connectivity index (χ0v) is 19.6. The maximum atomic E-state index is 11.0. The third-order valence-corrected chi connectivity index (χ3v) is 7.39. The van der Waals surface area contributed by atoms with Crippen molar-refractivity contribution in [1.82, 2.24) is 34.7 Å². The van der Waals surface area contributed by atoms with Gasteiger partial charge < -0.3 is 10.2 Å². The maximum absolute atomic E-state index is 11.0. The number of carbonyl (C=O) groups is 1. The summed E-state index contributed by atoms with van der Waals surface area (Å²) in [6.07, 6.45) is 11.7. The van der Waals surface area contributed by atoms with Crippen LogP contribution >= 0.6 is 0 Å². The molecule has 4 aromatic heterocycles. The standard InChI is InChI=1S/C25H25N9O/c1-25(29-15-35)6-17-12-33(13-18(17)7-25)23-11-27-22(10-28-23)20-5-16(21-3-4-32(2)31-21)14-34-24(20)19(8-26)9-30-34/h3-5,9-11,14-15,17-18H,6-7,12-13H2,1-2H3,(H,29,35)/t17-,18+,25+. The predicted octanol–water partition coefficient (Wildman–Crippen LogP) is 2.41. The Morgan fingerprint density at radius 1 is 1.17 bits per heavy atom. The van der Waals surface area contributed by atoms with Crippen LogP contribution in [0, 0.1) is 23.2 Å². The van der Waals surface area contributed by atoms with Crippen molar-refractivity contribution in [2.45, 2.75) is 25.3 Å². The number of amides is 1. The molecular formula is C25H25N9O. The highest BCUT2D eigenvalue weighted by molar-refractivity contribution is 5.85. The number of aromatic nitrogens is 6. The molecule has 10 nitrogen and oxygen atoms in total. The summed E-state index contributed by atoms with van der Waals surface area (Å²) in [5, 5.41) is 21.5. The zero-order valence-electron chi connectivity index (χ0n) is 19.6. The van der Waals surface area contributed by atoms with Crippen molar-refractivity contribution in [3.63, 3.8) is 0 Å². The molecule has 3 atom stereocenters. The van der Waals surface area contributed by atoms with Crippen molar-refractivity contribution in [1.29, 1.82) is 5.26 Å². The lowest BCUT2D eigenvalue weighted by Crippen LogP contribution is -2.40. The molecule has 1 amide bonds. The summed E-state index contributed by atoms with van der Waals surface area (Å²) in [6.45, 7) is 3.95. The molecule has 1 aliphatic carbocycles. The van der Waals surface area contributed by atoms with Crippen LogP contribution in [0.5, 0.6) is 0 Å². The molecule has 0 bridgehead atoms. The van der Waals surface area contributed by atoms with E-state index in [0.717, 1.165) is 55.0 Å². The molecule has 4 aromatic rings. The fourth-order valence-electron chi connectivity index (χ4n) is 5.82. The van der Waals surface area contributed by atoms with Gasteiger partial charge in [0, 0.05) is 49.2 Å². The quantitative estimate of drug-likeness (QED) is 0.448. The molecule has 0 radical (unpaired) electrons. The van der Waals surface area contributed by atoms with Crippen molar-refractivity contribution in [3.8, 4) is 28.6 Å². The summed E-state index contributed by atoms with van der Waals surface area (Å²) < 4.78 is 3.46. The van der Waals surface area contributed by atoms with E-state index >= 15 is 0 Å². The Balaban J connectivity index is 1.31. The summed E-state index contributed by atoms with van der Waals surface area (Å²) in [4.78, 5) is 22.7. The monoisotopic (exact) mass is 467 g/mol. The average molecular weight is 468 g/mol. The summed E-state index contributed by atoms with van der Waals surface area (Å²) in [5.41, 5.74) is 4.24. The Hall–Kier alpha value is -4.26. The number of nitrogens with one attached hydrogen (secondary N) is 1. The van der Waals surface area contributed by atoms with E-state index in [1.54, 1.807) is 21.6 Å². The Morgan fingerprint density at radius 2 is 1.97 bits per heavy atom. The number of rotatable bonds is 5. The number of anilines is 1. The van der Waals surface area contributed by atoms with E-state index in [-0.39, 0.29) is 5.54 Å². The minimum absolute atomic E-state index is 0.105. The van der Waals surface area contributed by atoms with Gasteiger partial charge in [-0.2, -0.15) is 15.5 Å². The predicted molar refractivity (Wildman–Crippen MR) is 129 cm³/mol. The van der Waals surface area contributed by atoms with Crippen LogP contribution in [-0.4, -0.2) is 54.4 Å². The second kappa shape index (κ2) is 7.91. The van der Waals surface area contributed by atoms with Crippen molar-refractivity contribution in [3.05, 3.63) is 48.7 Å². The maximum Gasteiger partial charge on any atom is 0.207 e. The molecule has 0 spiro atoms. The smallest absolute Gasteiger partial charge is 0.207 e. The SMILES string of the molecule is Cn1ccc(-c2cc(-c3cnc(N4C[C@@H]5C[C@@](C)(NC=O)C[C@@H]5C4)cn3)c3c(C#N)cnn3c2)n1. The highest BCUT2D eigenvalue weighted by Gasteiger charge is 2.46. The first kappa shape index (κ1) is 21.3. The number of nitriles is 1. The van der Waals surface area contributed by atoms with Crippen LogP contribution in [0.3, 0.4) is 0 Å². The second-order valence-electron chi connectivity index (χ2n) is 9.90. The average Bonchev–Trinajstić information content (AvgIpc) is 3.61. The Morgan fingerprint density at radius 3 is 2.60 bits per heavy atom. The molecular weight excluding hydrogens is 442 g/mol. The molecule has 2 aliphatic rings. The molecule has 0 aromatic carbocycles. The number of hydrogen-bond donors (Lipinski definition) is 1. The molecule has 176 valence electrons. The van der Waals surface area contributed by atoms with Gasteiger partial charge in [0.05, 0.1) is 41.1 Å². The number of hydrogen-bond acceptors (Lipinski definition) is 7. The summed E-state index contributed by atoms with van der Waals surface area (Å²) in [5.74, 6) is 1.92. The van der Waals surface area contributed by atoms with Crippen molar-refractivity contribution in [2.24, 2.45) is 18.9 Å². The van der Waals surface area contributed by atoms with Crippen LogP contribution in [0.1, 0.15) is 25.3 Å². The minimum atomic E-state index is -0.105. The normalized spacial score (nSPS) is 23.4. The molecule has 6 rings (SSSR count). The molecule has 1 N–H and O–H groups in total. The van der Waals surface area contributed by atoms with E-state index in [1.807, 2.05) is 37.8 Å². The number of fused-ring (bicyclic) bond motifs is 2. The Kier molecular flexibility index (Phi) is 4.81. The molecule has 2 fully saturated rings. The van der Waals surface area contributed by atoms with Gasteiger partial charge in [-0.15, -0.1) is 0 Å². The van der Waals surface area contributed by atoms with Crippen LogP contribution in [0.25, 0.3) is 28.0 Å². The van der Waals surface area contributed by atoms with Crippen LogP contribution in [0.2, 0.25) is 0 Å². The van der Waals surface area contributed by atoms with Gasteiger partial charge in [-0.1, -0.05) is 0 Å². The topological polar surface area (TPSA) is 117 Å². The number of nitrogens with zero attached hydrogens (tertiary/aromatic N) is 8. The van der Waals surface area contributed by atoms with Crippen molar-refractivity contribution < 1.29 is 4.79 Å². The number of aryl methyl sites for hydroxylation is 1. The molecule has 1 aliphatic heterocycles. The first-order chi connectivity index (χ1) is 17.0. The molecule has 10 heteroatoms. The largest absolute Gasteiger partial charge is 0.355 e. The molecule has 35 heavy (non-hydrogen) atoms. The van der Waals surface area contributed by atoms with E-state index in [9.17, 15) is 10.1 Å². The van der Waals surface area contributed by atoms with Gasteiger partial charge in [0.2, 0.25) is 6.41 Å². The summed E-state index contributed by atoms with van der Waals surface area (Å²) >= 11 is 0. The van der Waals surface area contributed by atoms with Gasteiger partial charge in [-0.05, 0) is 43.7 Å². The number of carbonyl (C=O) groups excluding carboxylic acids is 1. The van der Waals surface area contributed by atoms with Gasteiger partial charge in [-0.25, -0.2) is 9.50 Å². The molecule has 1 saturated carbocycles. The summed E-state index contributed by atoms with van der Waals surface area (Å²) in [6, 6.07) is 6.16. The van der Waals surface area contributed by atoms with Crippen molar-refractivity contribution >= 4 is 17.7 Å². The van der Waals surface area contributed by atoms with E-state index in [4.69, 9.17) is 9.97 Å². The van der Waals surface area contributed by atoms with Gasteiger partial charge in [-0.3, -0.25) is 14.5 Å². The zero-order chi connectivity index (χ0) is 24.2. The fourth-order valence-corrected chi connectivity index (χ4v) is 5.82. The lowest BCUT2D eigenvalue weighted by atomic mass is 9.98. The van der Waals surface area contributed by atoms with Crippen molar-refractivity contribution in [2.75, 3.05) is 18.0 Å². The van der Waals surface area contributed by atoms with Crippen LogP contribution in [0.4, 0.5) is 5.82 Å². The summed E-state index contributed by atoms with van der Waals surface area (Å²) in [7, 11) is 1.88. The lowest BCUT2D eigenvalue weighted by molar-refractivity contribution is -0.111. The first-order valence-electron chi connectivity index (χ1n) is 11.7. The van der Waals surface area contributed by atoms with Gasteiger partial charge >= 0.3 is 0 Å². The van der Waals surface area contributed by atoms with E-state index in [0.29, 0.717) is 28.6 Å². The van der Waals surface area contributed by atoms with Gasteiger partial charge in [0.15, 0.2) is 0 Å². The highest BCUT2D eigenvalue weighted by Crippen LogP contribution is 2.44. The first-order valence-corrected chi connectivity index (χ1v) is 11.7. The Bertz CT molecular complexity index is 1450. The van der Waals surface area contributed by atoms with Crippen LogP contribution < -0.4 is 10.2 Å². The van der Waals surface area contributed by atoms with E-state index in [2.05, 4.69) is 33.4 Å². The molecule has 0 unspecified atom stereocenters. The fraction of sp³-hybridized carbons (Fsp3) is 0.360.